The highest BCUT2D eigenvalue weighted by atomic mass is 16.3. The quantitative estimate of drug-likeness (QED) is 0.840. The van der Waals surface area contributed by atoms with Crippen molar-refractivity contribution in [3.8, 4) is 0 Å². The van der Waals surface area contributed by atoms with E-state index >= 15 is 0 Å². The SMILES string of the molecule is CCn1c(C)cc2cccc(CC(C)O)c21. The number of nitrogens with zero attached hydrogens (tertiary/aromatic N) is 1. The van der Waals surface area contributed by atoms with Gasteiger partial charge in [0.2, 0.25) is 0 Å². The van der Waals surface area contributed by atoms with Crippen molar-refractivity contribution >= 4 is 10.9 Å². The Hall–Kier alpha value is -1.28. The zero-order valence-corrected chi connectivity index (χ0v) is 10.2. The van der Waals surface area contributed by atoms with Crippen molar-refractivity contribution in [2.24, 2.45) is 0 Å². The van der Waals surface area contributed by atoms with Crippen LogP contribution in [0.15, 0.2) is 24.3 Å². The van der Waals surface area contributed by atoms with E-state index in [-0.39, 0.29) is 6.10 Å². The maximum atomic E-state index is 9.53. The molecule has 2 heteroatoms. The molecule has 0 aliphatic carbocycles. The van der Waals surface area contributed by atoms with Gasteiger partial charge in [0.25, 0.3) is 0 Å². The highest BCUT2D eigenvalue weighted by Gasteiger charge is 2.10. The van der Waals surface area contributed by atoms with E-state index < -0.39 is 0 Å². The molecular formula is C14H19NO. The third kappa shape index (κ3) is 1.85. The minimum Gasteiger partial charge on any atom is -0.393 e. The maximum absolute atomic E-state index is 9.53. The first-order valence-electron chi connectivity index (χ1n) is 5.89. The van der Waals surface area contributed by atoms with Crippen LogP contribution in [0.25, 0.3) is 10.9 Å². The molecule has 86 valence electrons. The van der Waals surface area contributed by atoms with Gasteiger partial charge in [-0.05, 0) is 32.4 Å². The second-order valence-electron chi connectivity index (χ2n) is 4.44. The number of benzene rings is 1. The smallest absolute Gasteiger partial charge is 0.0553 e. The molecule has 1 N–H and O–H groups in total. The molecule has 1 aromatic heterocycles. The number of para-hydroxylation sites is 1. The summed E-state index contributed by atoms with van der Waals surface area (Å²) >= 11 is 0. The fraction of sp³-hybridized carbons (Fsp3) is 0.429. The summed E-state index contributed by atoms with van der Waals surface area (Å²) < 4.78 is 2.31. The number of aliphatic hydroxyl groups is 1. The Balaban J connectivity index is 2.64. The summed E-state index contributed by atoms with van der Waals surface area (Å²) in [4.78, 5) is 0. The molecule has 0 aliphatic rings. The van der Waals surface area contributed by atoms with Crippen LogP contribution in [0, 0.1) is 6.92 Å². The lowest BCUT2D eigenvalue weighted by Crippen LogP contribution is -2.06. The Morgan fingerprint density at radius 3 is 2.75 bits per heavy atom. The van der Waals surface area contributed by atoms with Crippen molar-refractivity contribution in [2.75, 3.05) is 0 Å². The molecule has 0 radical (unpaired) electrons. The number of hydrogen-bond acceptors (Lipinski definition) is 1. The van der Waals surface area contributed by atoms with Crippen LogP contribution >= 0.6 is 0 Å². The molecule has 0 saturated heterocycles. The van der Waals surface area contributed by atoms with Crippen molar-refractivity contribution in [1.29, 1.82) is 0 Å². The van der Waals surface area contributed by atoms with E-state index in [1.807, 2.05) is 6.92 Å². The standard InChI is InChI=1S/C14H19NO/c1-4-15-10(2)8-12-6-5-7-13(14(12)15)9-11(3)16/h5-8,11,16H,4,9H2,1-3H3. The molecule has 1 aromatic carbocycles. The van der Waals surface area contributed by atoms with Crippen LogP contribution in [0.5, 0.6) is 0 Å². The van der Waals surface area contributed by atoms with E-state index in [1.54, 1.807) is 0 Å². The van der Waals surface area contributed by atoms with Gasteiger partial charge < -0.3 is 9.67 Å². The lowest BCUT2D eigenvalue weighted by molar-refractivity contribution is 0.196. The van der Waals surface area contributed by atoms with E-state index in [4.69, 9.17) is 0 Å². The molecule has 1 atom stereocenters. The predicted molar refractivity (Wildman–Crippen MR) is 67.7 cm³/mol. The highest BCUT2D eigenvalue weighted by Crippen LogP contribution is 2.24. The summed E-state index contributed by atoms with van der Waals surface area (Å²) in [6.45, 7) is 7.11. The maximum Gasteiger partial charge on any atom is 0.0553 e. The second kappa shape index (κ2) is 4.30. The Bertz CT molecular complexity index is 497. The monoisotopic (exact) mass is 217 g/mol. The summed E-state index contributed by atoms with van der Waals surface area (Å²) in [7, 11) is 0. The van der Waals surface area contributed by atoms with Crippen molar-refractivity contribution in [3.63, 3.8) is 0 Å². The van der Waals surface area contributed by atoms with E-state index in [1.165, 1.54) is 22.2 Å². The van der Waals surface area contributed by atoms with E-state index in [2.05, 4.69) is 42.7 Å². The molecule has 16 heavy (non-hydrogen) atoms. The summed E-state index contributed by atoms with van der Waals surface area (Å²) in [5.41, 5.74) is 3.81. The number of aryl methyl sites for hydroxylation is 2. The first-order valence-corrected chi connectivity index (χ1v) is 5.89. The minimum atomic E-state index is -0.286. The number of aromatic nitrogens is 1. The van der Waals surface area contributed by atoms with Crippen molar-refractivity contribution < 1.29 is 5.11 Å². The molecule has 1 unspecified atom stereocenters. The summed E-state index contributed by atoms with van der Waals surface area (Å²) in [5.74, 6) is 0. The average Bonchev–Trinajstić information content (AvgIpc) is 2.53. The second-order valence-corrected chi connectivity index (χ2v) is 4.44. The van der Waals surface area contributed by atoms with Gasteiger partial charge in [-0.2, -0.15) is 0 Å². The number of fused-ring (bicyclic) bond motifs is 1. The van der Waals surface area contributed by atoms with E-state index in [0.29, 0.717) is 0 Å². The van der Waals surface area contributed by atoms with Crippen LogP contribution in [0.2, 0.25) is 0 Å². The van der Waals surface area contributed by atoms with E-state index in [9.17, 15) is 5.11 Å². The van der Waals surface area contributed by atoms with Gasteiger partial charge in [-0.1, -0.05) is 18.2 Å². The van der Waals surface area contributed by atoms with Gasteiger partial charge in [-0.25, -0.2) is 0 Å². The summed E-state index contributed by atoms with van der Waals surface area (Å²) in [6.07, 6.45) is 0.437. The summed E-state index contributed by atoms with van der Waals surface area (Å²) in [5, 5.41) is 10.8. The van der Waals surface area contributed by atoms with Crippen LogP contribution in [0.3, 0.4) is 0 Å². The Morgan fingerprint density at radius 1 is 1.38 bits per heavy atom. The minimum absolute atomic E-state index is 0.286. The molecule has 2 nitrogen and oxygen atoms in total. The van der Waals surface area contributed by atoms with Crippen LogP contribution < -0.4 is 0 Å². The van der Waals surface area contributed by atoms with Crippen molar-refractivity contribution in [3.05, 3.63) is 35.5 Å². The van der Waals surface area contributed by atoms with Gasteiger partial charge >= 0.3 is 0 Å². The first kappa shape index (κ1) is 11.2. The van der Waals surface area contributed by atoms with E-state index in [0.717, 1.165) is 13.0 Å². The number of hydrogen-bond donors (Lipinski definition) is 1. The van der Waals surface area contributed by atoms with Gasteiger partial charge in [0, 0.05) is 24.0 Å². The Morgan fingerprint density at radius 2 is 2.12 bits per heavy atom. The lowest BCUT2D eigenvalue weighted by Gasteiger charge is -2.10. The van der Waals surface area contributed by atoms with Gasteiger partial charge in [0.05, 0.1) is 11.6 Å². The molecule has 0 saturated carbocycles. The largest absolute Gasteiger partial charge is 0.393 e. The molecule has 2 rings (SSSR count). The van der Waals surface area contributed by atoms with Crippen LogP contribution in [-0.4, -0.2) is 15.8 Å². The third-order valence-electron chi connectivity index (χ3n) is 3.04. The molecule has 0 fully saturated rings. The topological polar surface area (TPSA) is 25.2 Å². The lowest BCUT2D eigenvalue weighted by atomic mass is 10.1. The first-order chi connectivity index (χ1) is 7.63. The fourth-order valence-electron chi connectivity index (χ4n) is 2.43. The normalized spacial score (nSPS) is 13.2. The van der Waals surface area contributed by atoms with Gasteiger partial charge in [-0.3, -0.25) is 0 Å². The molecule has 0 amide bonds. The molecule has 2 aromatic rings. The molecule has 0 aliphatic heterocycles. The van der Waals surface area contributed by atoms with Crippen LogP contribution in [0.4, 0.5) is 0 Å². The molecule has 1 heterocycles. The van der Waals surface area contributed by atoms with Gasteiger partial charge in [0.15, 0.2) is 0 Å². The van der Waals surface area contributed by atoms with Crippen LogP contribution in [-0.2, 0) is 13.0 Å². The Labute approximate surface area is 96.5 Å². The fourth-order valence-corrected chi connectivity index (χ4v) is 2.43. The van der Waals surface area contributed by atoms with Crippen molar-refractivity contribution in [1.82, 2.24) is 4.57 Å². The highest BCUT2D eigenvalue weighted by molar-refractivity contribution is 5.84. The average molecular weight is 217 g/mol. The van der Waals surface area contributed by atoms with Crippen molar-refractivity contribution in [2.45, 2.75) is 39.8 Å². The number of rotatable bonds is 3. The molecular weight excluding hydrogens is 198 g/mol. The summed E-state index contributed by atoms with van der Waals surface area (Å²) in [6, 6.07) is 8.53. The van der Waals surface area contributed by atoms with Gasteiger partial charge in [-0.15, -0.1) is 0 Å². The molecule has 0 spiro atoms. The van der Waals surface area contributed by atoms with Crippen LogP contribution in [0.1, 0.15) is 25.1 Å². The predicted octanol–water partition coefficient (Wildman–Crippen LogP) is 2.89. The third-order valence-corrected chi connectivity index (χ3v) is 3.04. The zero-order chi connectivity index (χ0) is 11.7. The number of aliphatic hydroxyl groups excluding tert-OH is 1. The zero-order valence-electron chi connectivity index (χ0n) is 10.2. The molecule has 0 bridgehead atoms. The van der Waals surface area contributed by atoms with Gasteiger partial charge in [0.1, 0.15) is 0 Å². The Kier molecular flexibility index (Phi) is 3.01.